The minimum absolute atomic E-state index is 0.000377. The summed E-state index contributed by atoms with van der Waals surface area (Å²) in [4.78, 5) is 20.9. The van der Waals surface area contributed by atoms with Crippen LogP contribution in [0.4, 0.5) is 22.0 Å². The molecule has 7 heteroatoms. The summed E-state index contributed by atoms with van der Waals surface area (Å²) in [6.07, 6.45) is -0.960. The van der Waals surface area contributed by atoms with Gasteiger partial charge in [-0.05, 0) is 0 Å². The number of Topliss-reactive ketones (excluding diaryl/α,β-unsaturated/α-hetero) is 1. The SMILES string of the molecule is O=CCC(=O)c1c(F)c(F)c(F)c(F)c1F. The Bertz CT molecular complexity index is 440. The van der Waals surface area contributed by atoms with Gasteiger partial charge in [-0.3, -0.25) is 4.79 Å². The Morgan fingerprint density at radius 1 is 0.875 bits per heavy atom. The third-order valence-corrected chi connectivity index (χ3v) is 1.76. The predicted octanol–water partition coefficient (Wildman–Crippen LogP) is 2.15. The smallest absolute Gasteiger partial charge is 0.200 e. The molecule has 0 N–H and O–H groups in total. The van der Waals surface area contributed by atoms with E-state index in [1.807, 2.05) is 0 Å². The second-order valence-electron chi connectivity index (χ2n) is 2.74. The van der Waals surface area contributed by atoms with E-state index in [1.165, 1.54) is 0 Å². The molecule has 0 aliphatic heterocycles. The molecule has 0 bridgehead atoms. The molecule has 0 aliphatic rings. The van der Waals surface area contributed by atoms with Gasteiger partial charge >= 0.3 is 0 Å². The van der Waals surface area contributed by atoms with Crippen LogP contribution in [0.2, 0.25) is 0 Å². The van der Waals surface area contributed by atoms with Crippen LogP contribution in [0.3, 0.4) is 0 Å². The summed E-state index contributed by atoms with van der Waals surface area (Å²) in [5.74, 6) is -12.7. The first-order valence-electron chi connectivity index (χ1n) is 3.90. The lowest BCUT2D eigenvalue weighted by molar-refractivity contribution is -0.107. The molecular formula is C9H3F5O2. The van der Waals surface area contributed by atoms with Gasteiger partial charge in [0.15, 0.2) is 29.1 Å². The van der Waals surface area contributed by atoms with Crippen molar-refractivity contribution in [3.63, 3.8) is 0 Å². The van der Waals surface area contributed by atoms with Crippen LogP contribution in [0.15, 0.2) is 0 Å². The molecule has 86 valence electrons. The molecule has 0 saturated heterocycles. The summed E-state index contributed by atoms with van der Waals surface area (Å²) in [6, 6.07) is 0. The lowest BCUT2D eigenvalue weighted by Crippen LogP contribution is -2.13. The lowest BCUT2D eigenvalue weighted by atomic mass is 10.1. The molecular weight excluding hydrogens is 235 g/mol. The number of aldehydes is 1. The van der Waals surface area contributed by atoms with E-state index >= 15 is 0 Å². The number of hydrogen-bond acceptors (Lipinski definition) is 2. The molecule has 1 aromatic carbocycles. The Kier molecular flexibility index (Phi) is 3.36. The van der Waals surface area contributed by atoms with E-state index in [0.717, 1.165) is 0 Å². The molecule has 2 nitrogen and oxygen atoms in total. The molecule has 16 heavy (non-hydrogen) atoms. The summed E-state index contributed by atoms with van der Waals surface area (Å²) in [5.41, 5.74) is -1.59. The Morgan fingerprint density at radius 3 is 1.62 bits per heavy atom. The van der Waals surface area contributed by atoms with Crippen LogP contribution in [0.5, 0.6) is 0 Å². The highest BCUT2D eigenvalue weighted by Gasteiger charge is 2.29. The van der Waals surface area contributed by atoms with Crippen molar-refractivity contribution in [3.8, 4) is 0 Å². The van der Waals surface area contributed by atoms with Gasteiger partial charge in [0.25, 0.3) is 0 Å². The highest BCUT2D eigenvalue weighted by atomic mass is 19.2. The second-order valence-corrected chi connectivity index (χ2v) is 2.74. The predicted molar refractivity (Wildman–Crippen MR) is 41.2 cm³/mol. The van der Waals surface area contributed by atoms with Crippen LogP contribution in [-0.4, -0.2) is 12.1 Å². The lowest BCUT2D eigenvalue weighted by Gasteiger charge is -2.05. The van der Waals surface area contributed by atoms with E-state index < -0.39 is 46.9 Å². The van der Waals surface area contributed by atoms with Gasteiger partial charge in [0.2, 0.25) is 5.82 Å². The van der Waals surface area contributed by atoms with Gasteiger partial charge in [-0.2, -0.15) is 0 Å². The van der Waals surface area contributed by atoms with Crippen molar-refractivity contribution in [2.75, 3.05) is 0 Å². The molecule has 1 rings (SSSR count). The summed E-state index contributed by atoms with van der Waals surface area (Å²) in [5, 5.41) is 0. The highest BCUT2D eigenvalue weighted by molar-refractivity contribution is 6.03. The quantitative estimate of drug-likeness (QED) is 0.202. The van der Waals surface area contributed by atoms with Crippen molar-refractivity contribution in [3.05, 3.63) is 34.6 Å². The Labute approximate surface area is 85.7 Å². The van der Waals surface area contributed by atoms with Crippen molar-refractivity contribution in [1.82, 2.24) is 0 Å². The number of carbonyl (C=O) groups excluding carboxylic acids is 2. The zero-order valence-corrected chi connectivity index (χ0v) is 7.49. The second kappa shape index (κ2) is 4.38. The summed E-state index contributed by atoms with van der Waals surface area (Å²) in [6.45, 7) is 0. The molecule has 0 unspecified atom stereocenters. The maximum Gasteiger partial charge on any atom is 0.200 e. The van der Waals surface area contributed by atoms with Crippen LogP contribution >= 0.6 is 0 Å². The fourth-order valence-electron chi connectivity index (χ4n) is 1.03. The summed E-state index contributed by atoms with van der Waals surface area (Å²) in [7, 11) is 0. The number of rotatable bonds is 3. The largest absolute Gasteiger partial charge is 0.303 e. The molecule has 0 aromatic heterocycles. The number of halogens is 5. The number of ketones is 1. The van der Waals surface area contributed by atoms with E-state index in [9.17, 15) is 31.5 Å². The molecule has 0 saturated carbocycles. The number of carbonyl (C=O) groups is 2. The first-order valence-corrected chi connectivity index (χ1v) is 3.90. The van der Waals surface area contributed by atoms with Gasteiger partial charge in [0, 0.05) is 0 Å². The minimum Gasteiger partial charge on any atom is -0.303 e. The van der Waals surface area contributed by atoms with Gasteiger partial charge in [-0.25, -0.2) is 22.0 Å². The standard InChI is InChI=1S/C9H3F5O2/c10-5-4(3(16)1-2-15)6(11)8(13)9(14)7(5)12/h2H,1H2. The maximum atomic E-state index is 12.9. The molecule has 0 fully saturated rings. The molecule has 0 aliphatic carbocycles. The third kappa shape index (κ3) is 1.80. The average molecular weight is 238 g/mol. The van der Waals surface area contributed by atoms with E-state index in [4.69, 9.17) is 0 Å². The van der Waals surface area contributed by atoms with Gasteiger partial charge in [-0.15, -0.1) is 0 Å². The van der Waals surface area contributed by atoms with Gasteiger partial charge < -0.3 is 4.79 Å². The molecule has 0 spiro atoms. The first kappa shape index (κ1) is 12.3. The van der Waals surface area contributed by atoms with E-state index in [2.05, 4.69) is 0 Å². The van der Waals surface area contributed by atoms with Crippen molar-refractivity contribution in [2.24, 2.45) is 0 Å². The minimum atomic E-state index is -2.35. The number of hydrogen-bond donors (Lipinski definition) is 0. The van der Waals surface area contributed by atoms with Crippen molar-refractivity contribution >= 4 is 12.1 Å². The maximum absolute atomic E-state index is 12.9. The van der Waals surface area contributed by atoms with Crippen LogP contribution in [0.1, 0.15) is 16.8 Å². The first-order chi connectivity index (χ1) is 7.41. The topological polar surface area (TPSA) is 34.1 Å². The van der Waals surface area contributed by atoms with Crippen molar-refractivity contribution < 1.29 is 31.5 Å². The highest BCUT2D eigenvalue weighted by Crippen LogP contribution is 2.23. The molecule has 0 radical (unpaired) electrons. The zero-order chi connectivity index (χ0) is 12.5. The van der Waals surface area contributed by atoms with Crippen molar-refractivity contribution in [2.45, 2.75) is 6.42 Å². The van der Waals surface area contributed by atoms with Crippen LogP contribution in [0, 0.1) is 29.1 Å². The summed E-state index contributed by atoms with van der Waals surface area (Å²) < 4.78 is 63.6. The van der Waals surface area contributed by atoms with E-state index in [1.54, 1.807) is 0 Å². The number of benzene rings is 1. The normalized spacial score (nSPS) is 10.3. The molecule has 1 aromatic rings. The van der Waals surface area contributed by atoms with E-state index in [-0.39, 0.29) is 6.29 Å². The van der Waals surface area contributed by atoms with Crippen LogP contribution in [-0.2, 0) is 4.79 Å². The van der Waals surface area contributed by atoms with Crippen LogP contribution in [0.25, 0.3) is 0 Å². The molecule has 0 amide bonds. The molecule has 0 atom stereocenters. The summed E-state index contributed by atoms with van der Waals surface area (Å²) >= 11 is 0. The third-order valence-electron chi connectivity index (χ3n) is 1.76. The Morgan fingerprint density at radius 2 is 1.25 bits per heavy atom. The fourth-order valence-corrected chi connectivity index (χ4v) is 1.03. The average Bonchev–Trinajstić information content (AvgIpc) is 2.24. The Balaban J connectivity index is 3.51. The van der Waals surface area contributed by atoms with Gasteiger partial charge in [0.1, 0.15) is 6.29 Å². The fraction of sp³-hybridized carbons (Fsp3) is 0.111. The van der Waals surface area contributed by atoms with Crippen molar-refractivity contribution in [1.29, 1.82) is 0 Å². The monoisotopic (exact) mass is 238 g/mol. The van der Waals surface area contributed by atoms with Crippen LogP contribution < -0.4 is 0 Å². The zero-order valence-electron chi connectivity index (χ0n) is 7.49. The van der Waals surface area contributed by atoms with E-state index in [0.29, 0.717) is 0 Å². The van der Waals surface area contributed by atoms with Gasteiger partial charge in [-0.1, -0.05) is 0 Å². The molecule has 0 heterocycles. The van der Waals surface area contributed by atoms with Gasteiger partial charge in [0.05, 0.1) is 12.0 Å². The Hall–Kier alpha value is -1.79.